The van der Waals surface area contributed by atoms with Gasteiger partial charge in [-0.15, -0.1) is 0 Å². The fraction of sp³-hybridized carbons (Fsp3) is 0.286. The lowest BCUT2D eigenvalue weighted by molar-refractivity contribution is -0.195. The van der Waals surface area contributed by atoms with Crippen LogP contribution in [-0.4, -0.2) is 48.0 Å². The van der Waals surface area contributed by atoms with Gasteiger partial charge in [0.15, 0.2) is 0 Å². The van der Waals surface area contributed by atoms with E-state index in [0.717, 1.165) is 11.3 Å². The lowest BCUT2D eigenvalue weighted by Crippen LogP contribution is -2.82. The molecule has 2 atom stereocenters. The number of β-lactam (4-membered cyclic amide) rings is 1. The van der Waals surface area contributed by atoms with Crippen LogP contribution in [0.5, 0.6) is 5.75 Å². The van der Waals surface area contributed by atoms with Crippen LogP contribution in [0.15, 0.2) is 84.9 Å². The van der Waals surface area contributed by atoms with Crippen molar-refractivity contribution in [1.29, 1.82) is 0 Å². The van der Waals surface area contributed by atoms with Gasteiger partial charge in [0.1, 0.15) is 5.75 Å². The minimum Gasteiger partial charge on any atom is -0.477 e. The summed E-state index contributed by atoms with van der Waals surface area (Å²) in [5.74, 6) is 0.116. The third-order valence-corrected chi connectivity index (χ3v) is 6.44. The molecule has 0 aromatic heterocycles. The number of hydrogen-bond donors (Lipinski definition) is 0. The van der Waals surface area contributed by atoms with Crippen LogP contribution < -0.4 is 9.75 Å². The van der Waals surface area contributed by atoms with Gasteiger partial charge in [0, 0.05) is 20.1 Å². The molecule has 3 aromatic rings. The van der Waals surface area contributed by atoms with Crippen molar-refractivity contribution < 1.29 is 14.3 Å². The van der Waals surface area contributed by atoms with Crippen molar-refractivity contribution in [3.63, 3.8) is 0 Å². The Bertz CT molecular complexity index is 1130. The zero-order chi connectivity index (χ0) is 24.3. The normalized spacial score (nSPS) is 19.4. The number of nitrogens with zero attached hydrogens (tertiary/aromatic N) is 3. The van der Waals surface area contributed by atoms with Crippen molar-refractivity contribution in [3.05, 3.63) is 96.1 Å². The second kappa shape index (κ2) is 9.59. The first-order valence-electron chi connectivity index (χ1n) is 11.7. The predicted molar refractivity (Wildman–Crippen MR) is 133 cm³/mol. The van der Waals surface area contributed by atoms with Crippen molar-refractivity contribution in [1.82, 2.24) is 9.91 Å². The molecule has 176 valence electrons. The van der Waals surface area contributed by atoms with Gasteiger partial charge in [-0.3, -0.25) is 14.6 Å². The molecule has 0 aliphatic carbocycles. The summed E-state index contributed by atoms with van der Waals surface area (Å²) in [5.41, 5.74) is 1.29. The van der Waals surface area contributed by atoms with Gasteiger partial charge in [-0.25, -0.2) is 5.01 Å². The van der Waals surface area contributed by atoms with Gasteiger partial charge in [0.05, 0.1) is 5.69 Å². The number of rotatable bonds is 8. The Hall–Kier alpha value is -3.80. The summed E-state index contributed by atoms with van der Waals surface area (Å²) in [4.78, 5) is 29.8. The standard InChI is InChI=1S/C28H31N3O3/c1-5-30(6-2)27(33)28(22-13-9-7-10-14-22)25(34-24-15-11-8-12-16-24)26(32)31(28)29(4)23-19-17-21(3)18-20-23/h7-20,25H,5-6H2,1-4H3. The molecule has 0 spiro atoms. The summed E-state index contributed by atoms with van der Waals surface area (Å²) < 4.78 is 6.26. The maximum atomic E-state index is 14.3. The maximum absolute atomic E-state index is 14.3. The minimum absolute atomic E-state index is 0.164. The quantitative estimate of drug-likeness (QED) is 0.471. The SMILES string of the molecule is CCN(CC)C(=O)C1(c2ccccc2)C(Oc2ccccc2)C(=O)N1N(C)c1ccc(C)cc1. The number of amides is 2. The van der Waals surface area contributed by atoms with E-state index < -0.39 is 11.6 Å². The Balaban J connectivity index is 1.89. The summed E-state index contributed by atoms with van der Waals surface area (Å²) >= 11 is 0. The van der Waals surface area contributed by atoms with Gasteiger partial charge in [-0.2, -0.15) is 0 Å². The van der Waals surface area contributed by atoms with Crippen molar-refractivity contribution in [2.45, 2.75) is 32.4 Å². The Morgan fingerprint density at radius 3 is 2.03 bits per heavy atom. The largest absolute Gasteiger partial charge is 0.477 e. The highest BCUT2D eigenvalue weighted by molar-refractivity contribution is 6.06. The molecular weight excluding hydrogens is 426 g/mol. The predicted octanol–water partition coefficient (Wildman–Crippen LogP) is 4.40. The van der Waals surface area contributed by atoms with E-state index in [9.17, 15) is 9.59 Å². The topological polar surface area (TPSA) is 53.1 Å². The molecule has 6 heteroatoms. The van der Waals surface area contributed by atoms with E-state index in [2.05, 4.69) is 0 Å². The van der Waals surface area contributed by atoms with Gasteiger partial charge >= 0.3 is 0 Å². The molecular formula is C28H31N3O3. The zero-order valence-corrected chi connectivity index (χ0v) is 20.1. The van der Waals surface area contributed by atoms with E-state index in [-0.39, 0.29) is 11.8 Å². The molecule has 6 nitrogen and oxygen atoms in total. The molecule has 2 amide bonds. The summed E-state index contributed by atoms with van der Waals surface area (Å²) in [6.45, 7) is 6.96. The fourth-order valence-corrected chi connectivity index (χ4v) is 4.58. The van der Waals surface area contributed by atoms with E-state index in [0.29, 0.717) is 24.4 Å². The number of benzene rings is 3. The summed E-state index contributed by atoms with van der Waals surface area (Å²) in [5, 5.41) is 3.32. The van der Waals surface area contributed by atoms with Crippen molar-refractivity contribution in [3.8, 4) is 5.75 Å². The van der Waals surface area contributed by atoms with Crippen molar-refractivity contribution >= 4 is 17.5 Å². The van der Waals surface area contributed by atoms with E-state index in [1.54, 1.807) is 27.1 Å². The van der Waals surface area contributed by atoms with E-state index in [1.807, 2.05) is 101 Å². The zero-order valence-electron chi connectivity index (χ0n) is 20.1. The van der Waals surface area contributed by atoms with E-state index in [1.165, 1.54) is 0 Å². The molecule has 1 saturated heterocycles. The third kappa shape index (κ3) is 3.79. The van der Waals surface area contributed by atoms with Crippen LogP contribution in [-0.2, 0) is 15.1 Å². The van der Waals surface area contributed by atoms with Crippen LogP contribution in [0.4, 0.5) is 5.69 Å². The number of likely N-dealkylation sites (N-methyl/N-ethyl adjacent to an activating group) is 1. The molecule has 34 heavy (non-hydrogen) atoms. The number of hydrazine groups is 1. The number of carbonyl (C=O) groups excluding carboxylic acids is 2. The lowest BCUT2D eigenvalue weighted by Gasteiger charge is -2.58. The molecule has 1 fully saturated rings. The van der Waals surface area contributed by atoms with Crippen LogP contribution in [0.2, 0.25) is 0 Å². The number of para-hydroxylation sites is 1. The first-order chi connectivity index (χ1) is 16.4. The monoisotopic (exact) mass is 457 g/mol. The maximum Gasteiger partial charge on any atom is 0.287 e. The highest BCUT2D eigenvalue weighted by atomic mass is 16.5. The average molecular weight is 458 g/mol. The molecule has 0 bridgehead atoms. The Morgan fingerprint density at radius 2 is 1.47 bits per heavy atom. The number of anilines is 1. The van der Waals surface area contributed by atoms with Gasteiger partial charge in [-0.05, 0) is 50.6 Å². The average Bonchev–Trinajstić information content (AvgIpc) is 2.87. The number of carbonyl (C=O) groups is 2. The van der Waals surface area contributed by atoms with Gasteiger partial charge in [0.25, 0.3) is 11.8 Å². The smallest absolute Gasteiger partial charge is 0.287 e. The molecule has 1 aliphatic heterocycles. The van der Waals surface area contributed by atoms with Crippen LogP contribution in [0, 0.1) is 6.92 Å². The highest BCUT2D eigenvalue weighted by Crippen LogP contribution is 2.47. The second-order valence-corrected chi connectivity index (χ2v) is 8.43. The first kappa shape index (κ1) is 23.4. The molecule has 2 unspecified atom stereocenters. The third-order valence-electron chi connectivity index (χ3n) is 6.44. The molecule has 3 aromatic carbocycles. The Labute approximate surface area is 201 Å². The Morgan fingerprint density at radius 1 is 0.912 bits per heavy atom. The molecule has 1 heterocycles. The fourth-order valence-electron chi connectivity index (χ4n) is 4.58. The number of hydrogen-bond acceptors (Lipinski definition) is 4. The van der Waals surface area contributed by atoms with E-state index in [4.69, 9.17) is 4.74 Å². The highest BCUT2D eigenvalue weighted by Gasteiger charge is 2.70. The molecule has 0 radical (unpaired) electrons. The number of aryl methyl sites for hydroxylation is 1. The summed E-state index contributed by atoms with van der Waals surface area (Å²) in [6.07, 6.45) is -1.00. The molecule has 1 aliphatic rings. The van der Waals surface area contributed by atoms with Crippen LogP contribution >= 0.6 is 0 Å². The van der Waals surface area contributed by atoms with Gasteiger partial charge in [-0.1, -0.05) is 66.2 Å². The van der Waals surface area contributed by atoms with Gasteiger partial charge in [0.2, 0.25) is 11.6 Å². The Kier molecular flexibility index (Phi) is 6.59. The van der Waals surface area contributed by atoms with Crippen LogP contribution in [0.25, 0.3) is 0 Å². The molecule has 4 rings (SSSR count). The molecule has 0 saturated carbocycles. The van der Waals surface area contributed by atoms with Crippen LogP contribution in [0.1, 0.15) is 25.0 Å². The molecule has 0 N–H and O–H groups in total. The van der Waals surface area contributed by atoms with Gasteiger partial charge < -0.3 is 9.64 Å². The summed E-state index contributed by atoms with van der Waals surface area (Å²) in [6, 6.07) is 26.5. The summed E-state index contributed by atoms with van der Waals surface area (Å²) in [7, 11) is 1.81. The lowest BCUT2D eigenvalue weighted by atomic mass is 9.74. The van der Waals surface area contributed by atoms with E-state index >= 15 is 0 Å². The van der Waals surface area contributed by atoms with Crippen LogP contribution in [0.3, 0.4) is 0 Å². The van der Waals surface area contributed by atoms with Crippen molar-refractivity contribution in [2.75, 3.05) is 25.1 Å². The minimum atomic E-state index is -1.35. The first-order valence-corrected chi connectivity index (χ1v) is 11.7. The number of ether oxygens (including phenoxy) is 1. The second-order valence-electron chi connectivity index (χ2n) is 8.43. The van der Waals surface area contributed by atoms with Crippen molar-refractivity contribution in [2.24, 2.45) is 0 Å².